The Morgan fingerprint density at radius 3 is 2.50 bits per heavy atom. The van der Waals surface area contributed by atoms with Crippen molar-refractivity contribution >= 4 is 33.6 Å². The summed E-state index contributed by atoms with van der Waals surface area (Å²) in [5.74, 6) is 1.44. The minimum absolute atomic E-state index is 0.646. The van der Waals surface area contributed by atoms with Gasteiger partial charge in [0.1, 0.15) is 0 Å². The molecule has 0 aliphatic rings. The standard InChI is InChI=1S/C24H26BrN3OS/c1-17-24(25)18(2)28(27-17)15-14-23(26-4)29-19(3)30-16-21-12-8-9-13-22(21)20-10-6-5-7-11-20/h5-13H,3,14-16H2,1-2,4H3/b26-23-. The van der Waals surface area contributed by atoms with Crippen molar-refractivity contribution < 1.29 is 4.74 Å². The highest BCUT2D eigenvalue weighted by atomic mass is 79.9. The molecule has 0 N–H and O–H groups in total. The summed E-state index contributed by atoms with van der Waals surface area (Å²) in [5, 5.41) is 5.19. The zero-order valence-electron chi connectivity index (χ0n) is 17.6. The van der Waals surface area contributed by atoms with Crippen LogP contribution in [0.2, 0.25) is 0 Å². The maximum atomic E-state index is 5.93. The van der Waals surface area contributed by atoms with E-state index in [-0.39, 0.29) is 0 Å². The number of ether oxygens (including phenoxy) is 1. The third-order valence-electron chi connectivity index (χ3n) is 4.80. The number of halogens is 1. The van der Waals surface area contributed by atoms with Crippen LogP contribution in [-0.2, 0) is 17.0 Å². The van der Waals surface area contributed by atoms with Gasteiger partial charge in [0.2, 0.25) is 0 Å². The van der Waals surface area contributed by atoms with E-state index >= 15 is 0 Å². The molecule has 0 saturated carbocycles. The van der Waals surface area contributed by atoms with E-state index in [9.17, 15) is 0 Å². The lowest BCUT2D eigenvalue weighted by atomic mass is 10.0. The Morgan fingerprint density at radius 1 is 1.13 bits per heavy atom. The summed E-state index contributed by atoms with van der Waals surface area (Å²) in [4.78, 5) is 4.29. The van der Waals surface area contributed by atoms with Gasteiger partial charge in [0.15, 0.2) is 11.0 Å². The third kappa shape index (κ3) is 5.64. The minimum atomic E-state index is 0.646. The van der Waals surface area contributed by atoms with Crippen LogP contribution in [0.15, 0.2) is 75.7 Å². The van der Waals surface area contributed by atoms with Gasteiger partial charge in [-0.15, -0.1) is 0 Å². The maximum Gasteiger partial charge on any atom is 0.192 e. The molecule has 4 nitrogen and oxygen atoms in total. The van der Waals surface area contributed by atoms with Gasteiger partial charge in [-0.05, 0) is 53.0 Å². The number of nitrogens with zero attached hydrogens (tertiary/aromatic N) is 3. The van der Waals surface area contributed by atoms with Crippen molar-refractivity contribution in [1.82, 2.24) is 9.78 Å². The van der Waals surface area contributed by atoms with Gasteiger partial charge in [-0.3, -0.25) is 9.67 Å². The zero-order chi connectivity index (χ0) is 21.5. The van der Waals surface area contributed by atoms with Crippen molar-refractivity contribution in [2.45, 2.75) is 32.6 Å². The molecular weight excluding hydrogens is 458 g/mol. The molecule has 3 rings (SSSR count). The molecule has 0 atom stereocenters. The van der Waals surface area contributed by atoms with Gasteiger partial charge < -0.3 is 4.74 Å². The van der Waals surface area contributed by atoms with Crippen LogP contribution in [0, 0.1) is 13.8 Å². The van der Waals surface area contributed by atoms with Crippen molar-refractivity contribution in [2.24, 2.45) is 4.99 Å². The highest BCUT2D eigenvalue weighted by Crippen LogP contribution is 2.29. The molecule has 6 heteroatoms. The number of hydrogen-bond donors (Lipinski definition) is 0. The molecule has 0 spiro atoms. The van der Waals surface area contributed by atoms with E-state index in [1.165, 1.54) is 16.7 Å². The quantitative estimate of drug-likeness (QED) is 0.201. The van der Waals surface area contributed by atoms with Crippen molar-refractivity contribution in [3.63, 3.8) is 0 Å². The van der Waals surface area contributed by atoms with Crippen LogP contribution in [0.25, 0.3) is 11.1 Å². The molecule has 0 aliphatic heterocycles. The van der Waals surface area contributed by atoms with Crippen molar-refractivity contribution in [1.29, 1.82) is 0 Å². The van der Waals surface area contributed by atoms with Gasteiger partial charge in [0, 0.05) is 31.5 Å². The van der Waals surface area contributed by atoms with E-state index in [2.05, 4.69) is 81.1 Å². The maximum absolute atomic E-state index is 5.93. The molecule has 2 aromatic carbocycles. The van der Waals surface area contributed by atoms with E-state index in [1.807, 2.05) is 24.6 Å². The second-order valence-corrected chi connectivity index (χ2v) is 8.69. The fourth-order valence-electron chi connectivity index (χ4n) is 3.17. The monoisotopic (exact) mass is 483 g/mol. The Labute approximate surface area is 191 Å². The Morgan fingerprint density at radius 2 is 1.83 bits per heavy atom. The zero-order valence-corrected chi connectivity index (χ0v) is 20.0. The van der Waals surface area contributed by atoms with E-state index in [4.69, 9.17) is 4.74 Å². The smallest absolute Gasteiger partial charge is 0.192 e. The average molecular weight is 484 g/mol. The number of thioether (sulfide) groups is 1. The van der Waals surface area contributed by atoms with Gasteiger partial charge in [-0.25, -0.2) is 0 Å². The molecule has 0 saturated heterocycles. The fraction of sp³-hybridized carbons (Fsp3) is 0.250. The molecule has 0 bridgehead atoms. The summed E-state index contributed by atoms with van der Waals surface area (Å²) in [7, 11) is 1.75. The molecule has 0 unspecified atom stereocenters. The van der Waals surface area contributed by atoms with Gasteiger partial charge in [0.05, 0.1) is 10.2 Å². The van der Waals surface area contributed by atoms with Crippen LogP contribution in [0.4, 0.5) is 0 Å². The van der Waals surface area contributed by atoms with Crippen LogP contribution < -0.4 is 0 Å². The number of aliphatic imine (C=N–C) groups is 1. The Balaban J connectivity index is 1.57. The van der Waals surface area contributed by atoms with Gasteiger partial charge >= 0.3 is 0 Å². The second-order valence-electron chi connectivity index (χ2n) is 6.86. The second kappa shape index (κ2) is 10.6. The van der Waals surface area contributed by atoms with E-state index < -0.39 is 0 Å². The SMILES string of the molecule is C=C(O/C(CCn1nc(C)c(Br)c1C)=N\C)SCc1ccccc1-c1ccccc1. The Bertz CT molecular complexity index is 1040. The summed E-state index contributed by atoms with van der Waals surface area (Å²) in [6.07, 6.45) is 0.658. The minimum Gasteiger partial charge on any atom is -0.437 e. The summed E-state index contributed by atoms with van der Waals surface area (Å²) in [5.41, 5.74) is 5.79. The predicted octanol–water partition coefficient (Wildman–Crippen LogP) is 6.77. The summed E-state index contributed by atoms with van der Waals surface area (Å²) in [6.45, 7) is 8.83. The number of aryl methyl sites for hydroxylation is 2. The molecule has 0 fully saturated rings. The van der Waals surface area contributed by atoms with E-state index in [0.29, 0.717) is 24.0 Å². The first-order valence-electron chi connectivity index (χ1n) is 9.77. The third-order valence-corrected chi connectivity index (χ3v) is 6.81. The number of aromatic nitrogens is 2. The van der Waals surface area contributed by atoms with E-state index in [0.717, 1.165) is 21.6 Å². The van der Waals surface area contributed by atoms with Crippen molar-refractivity contribution in [2.75, 3.05) is 7.05 Å². The number of hydrogen-bond acceptors (Lipinski definition) is 4. The highest BCUT2D eigenvalue weighted by molar-refractivity contribution is 9.10. The largest absolute Gasteiger partial charge is 0.437 e. The molecule has 0 radical (unpaired) electrons. The van der Waals surface area contributed by atoms with Crippen LogP contribution in [0.3, 0.4) is 0 Å². The predicted molar refractivity (Wildman–Crippen MR) is 131 cm³/mol. The van der Waals surface area contributed by atoms with Crippen LogP contribution in [0.1, 0.15) is 23.4 Å². The summed E-state index contributed by atoms with van der Waals surface area (Å²) >= 11 is 5.15. The van der Waals surface area contributed by atoms with Crippen LogP contribution in [0.5, 0.6) is 0 Å². The van der Waals surface area contributed by atoms with Gasteiger partial charge in [-0.1, -0.05) is 66.4 Å². The van der Waals surface area contributed by atoms with Gasteiger partial charge in [0.25, 0.3) is 0 Å². The molecule has 156 valence electrons. The molecule has 0 amide bonds. The molecular formula is C24H26BrN3OS. The first kappa shape index (κ1) is 22.4. The molecule has 1 heterocycles. The Kier molecular flexibility index (Phi) is 7.94. The Hall–Kier alpha value is -2.31. The summed E-state index contributed by atoms with van der Waals surface area (Å²) in [6, 6.07) is 18.9. The molecule has 3 aromatic rings. The molecule has 30 heavy (non-hydrogen) atoms. The first-order chi connectivity index (χ1) is 14.5. The topological polar surface area (TPSA) is 39.4 Å². The van der Waals surface area contributed by atoms with Crippen LogP contribution in [-0.4, -0.2) is 22.7 Å². The van der Waals surface area contributed by atoms with E-state index in [1.54, 1.807) is 18.8 Å². The normalized spacial score (nSPS) is 11.5. The number of rotatable bonds is 8. The fourth-order valence-corrected chi connectivity index (χ4v) is 4.17. The highest BCUT2D eigenvalue weighted by Gasteiger charge is 2.11. The van der Waals surface area contributed by atoms with Crippen molar-refractivity contribution in [3.05, 3.63) is 87.7 Å². The molecule has 1 aromatic heterocycles. The van der Waals surface area contributed by atoms with Crippen molar-refractivity contribution in [3.8, 4) is 11.1 Å². The average Bonchev–Trinajstić information content (AvgIpc) is 3.02. The molecule has 0 aliphatic carbocycles. The lowest BCUT2D eigenvalue weighted by molar-refractivity contribution is 0.431. The summed E-state index contributed by atoms with van der Waals surface area (Å²) < 4.78 is 8.95. The number of benzene rings is 2. The lowest BCUT2D eigenvalue weighted by Crippen LogP contribution is -2.11. The first-order valence-corrected chi connectivity index (χ1v) is 11.6. The van der Waals surface area contributed by atoms with Crippen LogP contribution >= 0.6 is 27.7 Å². The lowest BCUT2D eigenvalue weighted by Gasteiger charge is -2.13. The van der Waals surface area contributed by atoms with Gasteiger partial charge in [-0.2, -0.15) is 5.10 Å².